The Kier molecular flexibility index (Phi) is 5.72. The predicted molar refractivity (Wildman–Crippen MR) is 71.5 cm³/mol. The molecule has 0 aromatic carbocycles. The molecule has 0 saturated carbocycles. The molecule has 0 spiro atoms. The second kappa shape index (κ2) is 6.03. The third-order valence-corrected chi connectivity index (χ3v) is 2.17. The molecule has 0 heterocycles. The Balaban J connectivity index is 4.42. The van der Waals surface area contributed by atoms with Crippen molar-refractivity contribution in [2.75, 3.05) is 6.54 Å². The zero-order chi connectivity index (χ0) is 12.9. The number of nitrogens with zero attached hydrogens (tertiary/aromatic N) is 1. The second-order valence-corrected chi connectivity index (χ2v) is 5.71. The van der Waals surface area contributed by atoms with Crippen molar-refractivity contribution < 1.29 is 4.79 Å². The summed E-state index contributed by atoms with van der Waals surface area (Å²) >= 11 is 4.82. The summed E-state index contributed by atoms with van der Waals surface area (Å²) in [5.74, 6) is 0. The van der Waals surface area contributed by atoms with E-state index in [1.54, 1.807) is 4.90 Å². The van der Waals surface area contributed by atoms with Crippen LogP contribution in [-0.2, 0) is 0 Å². The van der Waals surface area contributed by atoms with E-state index in [1.165, 1.54) is 0 Å². The third kappa shape index (κ3) is 6.61. The van der Waals surface area contributed by atoms with Gasteiger partial charge >= 0.3 is 6.03 Å². The Labute approximate surface area is 104 Å². The van der Waals surface area contributed by atoms with E-state index in [4.69, 9.17) is 18.0 Å². The Hall–Kier alpha value is -0.840. The van der Waals surface area contributed by atoms with Gasteiger partial charge in [-0.2, -0.15) is 0 Å². The number of carbonyl (C=O) groups excluding carboxylic acids is 1. The monoisotopic (exact) mass is 245 g/mol. The summed E-state index contributed by atoms with van der Waals surface area (Å²) in [5, 5.41) is 2.93. The van der Waals surface area contributed by atoms with Crippen LogP contribution in [-0.4, -0.2) is 34.0 Å². The lowest BCUT2D eigenvalue weighted by molar-refractivity contribution is 0.176. The van der Waals surface area contributed by atoms with Gasteiger partial charge in [0, 0.05) is 24.5 Å². The molecule has 2 amide bonds. The highest BCUT2D eigenvalue weighted by Crippen LogP contribution is 2.05. The van der Waals surface area contributed by atoms with Crippen LogP contribution in [0.3, 0.4) is 0 Å². The van der Waals surface area contributed by atoms with Gasteiger partial charge in [-0.15, -0.1) is 0 Å². The lowest BCUT2D eigenvalue weighted by atomic mass is 10.1. The van der Waals surface area contributed by atoms with Crippen molar-refractivity contribution in [1.29, 1.82) is 0 Å². The van der Waals surface area contributed by atoms with Gasteiger partial charge in [-0.05, 0) is 34.6 Å². The van der Waals surface area contributed by atoms with E-state index in [0.717, 1.165) is 0 Å². The Morgan fingerprint density at radius 1 is 1.44 bits per heavy atom. The van der Waals surface area contributed by atoms with Crippen molar-refractivity contribution in [1.82, 2.24) is 10.2 Å². The molecule has 3 N–H and O–H groups in total. The molecule has 4 nitrogen and oxygen atoms in total. The first kappa shape index (κ1) is 15.2. The van der Waals surface area contributed by atoms with E-state index in [9.17, 15) is 4.79 Å². The second-order valence-electron chi connectivity index (χ2n) is 5.18. The maximum Gasteiger partial charge on any atom is 0.318 e. The average Bonchev–Trinajstić information content (AvgIpc) is 1.98. The number of rotatable bonds is 4. The van der Waals surface area contributed by atoms with Crippen LogP contribution in [0.4, 0.5) is 4.79 Å². The van der Waals surface area contributed by atoms with Gasteiger partial charge in [0.25, 0.3) is 0 Å². The van der Waals surface area contributed by atoms with Crippen LogP contribution in [0.2, 0.25) is 0 Å². The Morgan fingerprint density at radius 3 is 2.25 bits per heavy atom. The summed E-state index contributed by atoms with van der Waals surface area (Å²) in [4.78, 5) is 14.1. The van der Waals surface area contributed by atoms with Crippen molar-refractivity contribution in [3.05, 3.63) is 0 Å². The summed E-state index contributed by atoms with van der Waals surface area (Å²) < 4.78 is 0. The molecular weight excluding hydrogens is 222 g/mol. The van der Waals surface area contributed by atoms with Crippen LogP contribution in [0.25, 0.3) is 0 Å². The van der Waals surface area contributed by atoms with E-state index >= 15 is 0 Å². The van der Waals surface area contributed by atoms with Gasteiger partial charge in [-0.1, -0.05) is 12.2 Å². The van der Waals surface area contributed by atoms with Crippen molar-refractivity contribution >= 4 is 23.2 Å². The van der Waals surface area contributed by atoms with Gasteiger partial charge in [0.1, 0.15) is 0 Å². The maximum absolute atomic E-state index is 11.9. The van der Waals surface area contributed by atoms with E-state index in [-0.39, 0.29) is 17.6 Å². The molecule has 0 saturated heterocycles. The first-order valence-corrected chi connectivity index (χ1v) is 5.91. The van der Waals surface area contributed by atoms with Gasteiger partial charge in [-0.25, -0.2) is 4.79 Å². The quantitative estimate of drug-likeness (QED) is 0.744. The minimum absolute atomic E-state index is 0.0706. The van der Waals surface area contributed by atoms with Crippen LogP contribution < -0.4 is 11.1 Å². The van der Waals surface area contributed by atoms with Crippen LogP contribution >= 0.6 is 12.2 Å². The molecule has 0 unspecified atom stereocenters. The number of hydrogen-bond acceptors (Lipinski definition) is 2. The van der Waals surface area contributed by atoms with Gasteiger partial charge in [-0.3, -0.25) is 0 Å². The average molecular weight is 245 g/mol. The normalized spacial score (nSPS) is 11.4. The van der Waals surface area contributed by atoms with Crippen LogP contribution in [0, 0.1) is 0 Å². The summed E-state index contributed by atoms with van der Waals surface area (Å²) in [7, 11) is 0. The van der Waals surface area contributed by atoms with E-state index in [1.807, 2.05) is 34.6 Å². The molecule has 0 fully saturated rings. The SMILES string of the molecule is CC(C)N(CCC(N)=S)C(=O)NC(C)(C)C. The largest absolute Gasteiger partial charge is 0.393 e. The first-order valence-electron chi connectivity index (χ1n) is 5.50. The standard InChI is InChI=1S/C11H23N3OS/c1-8(2)14(7-6-9(12)16)10(15)13-11(3,4)5/h8H,6-7H2,1-5H3,(H2,12,16)(H,13,15). The molecule has 0 aromatic rings. The summed E-state index contributed by atoms with van der Waals surface area (Å²) in [5.41, 5.74) is 5.21. The highest BCUT2D eigenvalue weighted by atomic mass is 32.1. The van der Waals surface area contributed by atoms with Crippen molar-refractivity contribution in [3.8, 4) is 0 Å². The fraction of sp³-hybridized carbons (Fsp3) is 0.818. The Morgan fingerprint density at radius 2 is 1.94 bits per heavy atom. The summed E-state index contributed by atoms with van der Waals surface area (Å²) in [6, 6.07) is 0.0652. The molecule has 0 aromatic heterocycles. The number of nitrogens with one attached hydrogen (secondary N) is 1. The van der Waals surface area contributed by atoms with Crippen molar-refractivity contribution in [2.45, 2.75) is 52.6 Å². The summed E-state index contributed by atoms with van der Waals surface area (Å²) in [6.45, 7) is 10.4. The molecule has 0 radical (unpaired) electrons. The molecule has 16 heavy (non-hydrogen) atoms. The van der Waals surface area contributed by atoms with E-state index < -0.39 is 0 Å². The van der Waals surface area contributed by atoms with Crippen LogP contribution in [0.1, 0.15) is 41.0 Å². The minimum atomic E-state index is -0.229. The predicted octanol–water partition coefficient (Wildman–Crippen LogP) is 1.88. The maximum atomic E-state index is 11.9. The van der Waals surface area contributed by atoms with Gasteiger partial charge < -0.3 is 16.0 Å². The third-order valence-electron chi connectivity index (χ3n) is 1.97. The zero-order valence-electron chi connectivity index (χ0n) is 10.8. The van der Waals surface area contributed by atoms with Crippen LogP contribution in [0.15, 0.2) is 0 Å². The molecule has 0 atom stereocenters. The lowest BCUT2D eigenvalue weighted by Crippen LogP contribution is -2.51. The lowest BCUT2D eigenvalue weighted by Gasteiger charge is -2.31. The van der Waals surface area contributed by atoms with E-state index in [2.05, 4.69) is 5.32 Å². The molecule has 0 bridgehead atoms. The minimum Gasteiger partial charge on any atom is -0.393 e. The van der Waals surface area contributed by atoms with E-state index in [0.29, 0.717) is 18.0 Å². The number of nitrogens with two attached hydrogens (primary N) is 1. The number of hydrogen-bond donors (Lipinski definition) is 2. The highest BCUT2D eigenvalue weighted by molar-refractivity contribution is 7.80. The first-order chi connectivity index (χ1) is 7.13. The molecular formula is C11H23N3OS. The Bertz CT molecular complexity index is 258. The number of urea groups is 1. The molecule has 0 aliphatic rings. The van der Waals surface area contributed by atoms with Gasteiger partial charge in [0.2, 0.25) is 0 Å². The molecule has 0 aliphatic heterocycles. The zero-order valence-corrected chi connectivity index (χ0v) is 11.6. The topological polar surface area (TPSA) is 58.4 Å². The fourth-order valence-corrected chi connectivity index (χ4v) is 1.31. The van der Waals surface area contributed by atoms with Crippen molar-refractivity contribution in [3.63, 3.8) is 0 Å². The molecule has 5 heteroatoms. The number of amides is 2. The van der Waals surface area contributed by atoms with Gasteiger partial charge in [0.15, 0.2) is 0 Å². The molecule has 0 aliphatic carbocycles. The number of thiocarbonyl (C=S) groups is 1. The fourth-order valence-electron chi connectivity index (χ4n) is 1.22. The number of carbonyl (C=O) groups is 1. The highest BCUT2D eigenvalue weighted by Gasteiger charge is 2.21. The van der Waals surface area contributed by atoms with Crippen molar-refractivity contribution in [2.24, 2.45) is 5.73 Å². The van der Waals surface area contributed by atoms with Crippen LogP contribution in [0.5, 0.6) is 0 Å². The molecule has 94 valence electrons. The van der Waals surface area contributed by atoms with Gasteiger partial charge in [0.05, 0.1) is 4.99 Å². The molecule has 0 rings (SSSR count). The summed E-state index contributed by atoms with van der Waals surface area (Å²) in [6.07, 6.45) is 0.561. The smallest absolute Gasteiger partial charge is 0.318 e.